The standard InChI is InChI=1S/C21H22O8/c1-12(26-13(2)22)15(28-21(25)14-6-4-3-5-7-14)8-9-16-19(24)20-17(27-16)10-11-18(23)29-20/h3-12,15-17,19-20,24H,1-2H3/b9-8+/t12-,15+,16+,17-,19-,20+/m1/s1. The van der Waals surface area contributed by atoms with E-state index in [0.29, 0.717) is 5.56 Å². The van der Waals surface area contributed by atoms with Gasteiger partial charge in [0.2, 0.25) is 0 Å². The Kier molecular flexibility index (Phi) is 6.46. The molecular formula is C21H22O8. The minimum absolute atomic E-state index is 0.348. The van der Waals surface area contributed by atoms with Crippen LogP contribution in [-0.4, -0.2) is 59.6 Å². The second kappa shape index (κ2) is 9.02. The van der Waals surface area contributed by atoms with Crippen molar-refractivity contribution >= 4 is 17.9 Å². The van der Waals surface area contributed by atoms with Crippen LogP contribution in [0.5, 0.6) is 0 Å². The highest BCUT2D eigenvalue weighted by molar-refractivity contribution is 5.89. The normalized spacial score (nSPS) is 27.8. The number of hydrogen-bond donors (Lipinski definition) is 1. The van der Waals surface area contributed by atoms with Crippen LogP contribution in [0.2, 0.25) is 0 Å². The number of ether oxygens (including phenoxy) is 4. The van der Waals surface area contributed by atoms with Crippen molar-refractivity contribution in [3.05, 3.63) is 60.2 Å². The Balaban J connectivity index is 1.72. The molecule has 1 aromatic rings. The number of aliphatic hydroxyl groups excluding tert-OH is 1. The fourth-order valence-corrected chi connectivity index (χ4v) is 3.12. The largest absolute Gasteiger partial charge is 0.459 e. The number of carbonyl (C=O) groups excluding carboxylic acids is 3. The third kappa shape index (κ3) is 5.10. The van der Waals surface area contributed by atoms with Crippen molar-refractivity contribution in [3.8, 4) is 0 Å². The van der Waals surface area contributed by atoms with E-state index in [1.165, 1.54) is 31.2 Å². The predicted molar refractivity (Wildman–Crippen MR) is 99.7 cm³/mol. The lowest BCUT2D eigenvalue weighted by Gasteiger charge is -2.22. The van der Waals surface area contributed by atoms with Crippen LogP contribution in [0.3, 0.4) is 0 Å². The summed E-state index contributed by atoms with van der Waals surface area (Å²) in [5, 5.41) is 10.4. The summed E-state index contributed by atoms with van der Waals surface area (Å²) in [5.74, 6) is -1.65. The van der Waals surface area contributed by atoms with Crippen LogP contribution in [0.15, 0.2) is 54.6 Å². The van der Waals surface area contributed by atoms with Crippen LogP contribution >= 0.6 is 0 Å². The molecule has 1 N–H and O–H groups in total. The Morgan fingerprint density at radius 2 is 1.93 bits per heavy atom. The molecule has 2 heterocycles. The number of fused-ring (bicyclic) bond motifs is 1. The van der Waals surface area contributed by atoms with E-state index < -0.39 is 54.5 Å². The third-order valence-electron chi connectivity index (χ3n) is 4.54. The Hall–Kier alpha value is -2.97. The molecule has 0 aromatic heterocycles. The smallest absolute Gasteiger partial charge is 0.338 e. The van der Waals surface area contributed by atoms with Crippen LogP contribution in [0.4, 0.5) is 0 Å². The quantitative estimate of drug-likeness (QED) is 0.431. The maximum Gasteiger partial charge on any atom is 0.338 e. The second-order valence-electron chi connectivity index (χ2n) is 6.75. The Morgan fingerprint density at radius 3 is 2.62 bits per heavy atom. The van der Waals surface area contributed by atoms with Gasteiger partial charge in [-0.15, -0.1) is 0 Å². The number of rotatable bonds is 6. The molecule has 2 aliphatic rings. The van der Waals surface area contributed by atoms with E-state index in [-0.39, 0.29) is 0 Å². The van der Waals surface area contributed by atoms with Crippen molar-refractivity contribution < 1.29 is 38.4 Å². The molecule has 1 fully saturated rings. The second-order valence-corrected chi connectivity index (χ2v) is 6.75. The van der Waals surface area contributed by atoms with E-state index in [1.807, 2.05) is 0 Å². The molecule has 154 valence electrons. The number of aliphatic hydroxyl groups is 1. The highest BCUT2D eigenvalue weighted by Crippen LogP contribution is 2.28. The Morgan fingerprint density at radius 1 is 1.21 bits per heavy atom. The van der Waals surface area contributed by atoms with Crippen molar-refractivity contribution in [2.24, 2.45) is 0 Å². The van der Waals surface area contributed by atoms with E-state index >= 15 is 0 Å². The van der Waals surface area contributed by atoms with Gasteiger partial charge in [0.1, 0.15) is 24.4 Å². The molecule has 1 saturated heterocycles. The summed E-state index contributed by atoms with van der Waals surface area (Å²) < 4.78 is 21.4. The molecule has 0 unspecified atom stereocenters. The lowest BCUT2D eigenvalue weighted by Crippen LogP contribution is -2.38. The van der Waals surface area contributed by atoms with Gasteiger partial charge in [0.15, 0.2) is 12.2 Å². The van der Waals surface area contributed by atoms with E-state index in [9.17, 15) is 19.5 Å². The fourth-order valence-electron chi connectivity index (χ4n) is 3.12. The van der Waals surface area contributed by atoms with Crippen molar-refractivity contribution in [1.82, 2.24) is 0 Å². The topological polar surface area (TPSA) is 108 Å². The van der Waals surface area contributed by atoms with E-state index in [4.69, 9.17) is 18.9 Å². The summed E-state index contributed by atoms with van der Waals surface area (Å²) in [7, 11) is 0. The zero-order valence-electron chi connectivity index (χ0n) is 16.0. The minimum atomic E-state index is -1.08. The first-order valence-electron chi connectivity index (χ1n) is 9.19. The predicted octanol–water partition coefficient (Wildman–Crippen LogP) is 1.33. The number of esters is 3. The zero-order chi connectivity index (χ0) is 21.0. The summed E-state index contributed by atoms with van der Waals surface area (Å²) in [6.45, 7) is 2.84. The van der Waals surface area contributed by atoms with E-state index in [2.05, 4.69) is 0 Å². The first kappa shape index (κ1) is 20.8. The summed E-state index contributed by atoms with van der Waals surface area (Å²) >= 11 is 0. The average Bonchev–Trinajstić information content (AvgIpc) is 3.00. The fraction of sp³-hybridized carbons (Fsp3) is 0.381. The van der Waals surface area contributed by atoms with Gasteiger partial charge in [-0.25, -0.2) is 9.59 Å². The molecule has 8 nitrogen and oxygen atoms in total. The highest BCUT2D eigenvalue weighted by Gasteiger charge is 2.45. The van der Waals surface area contributed by atoms with Crippen LogP contribution in [-0.2, 0) is 28.5 Å². The lowest BCUT2D eigenvalue weighted by atomic mass is 10.0. The van der Waals surface area contributed by atoms with Crippen LogP contribution < -0.4 is 0 Å². The molecular weight excluding hydrogens is 380 g/mol. The molecule has 0 radical (unpaired) electrons. The molecule has 0 spiro atoms. The summed E-state index contributed by atoms with van der Waals surface area (Å²) in [5.41, 5.74) is 0.348. The van der Waals surface area contributed by atoms with Gasteiger partial charge in [0.25, 0.3) is 0 Å². The maximum atomic E-state index is 12.4. The van der Waals surface area contributed by atoms with Gasteiger partial charge >= 0.3 is 17.9 Å². The van der Waals surface area contributed by atoms with Gasteiger partial charge in [-0.2, -0.15) is 0 Å². The van der Waals surface area contributed by atoms with Crippen molar-refractivity contribution in [2.75, 3.05) is 0 Å². The first-order chi connectivity index (χ1) is 13.8. The van der Waals surface area contributed by atoms with Gasteiger partial charge in [-0.3, -0.25) is 4.79 Å². The molecule has 3 rings (SSSR count). The molecule has 29 heavy (non-hydrogen) atoms. The molecule has 1 aromatic carbocycles. The Labute approximate surface area is 167 Å². The summed E-state index contributed by atoms with van der Waals surface area (Å²) in [4.78, 5) is 35.1. The molecule has 0 saturated carbocycles. The highest BCUT2D eigenvalue weighted by atomic mass is 16.6. The number of carbonyl (C=O) groups is 3. The van der Waals surface area contributed by atoms with Gasteiger partial charge in [-0.1, -0.05) is 24.3 Å². The van der Waals surface area contributed by atoms with E-state index in [0.717, 1.165) is 0 Å². The third-order valence-corrected chi connectivity index (χ3v) is 4.54. The lowest BCUT2D eigenvalue weighted by molar-refractivity contribution is -0.150. The van der Waals surface area contributed by atoms with Crippen LogP contribution in [0.1, 0.15) is 24.2 Å². The SMILES string of the molecule is CC(=O)O[C@H](C)[C@H](/C=C/[C@@H]1O[C@@H]2C=CC(=O)O[C@@H]2[C@@H]1O)OC(=O)c1ccccc1. The summed E-state index contributed by atoms with van der Waals surface area (Å²) in [6.07, 6.45) is 0.848. The van der Waals surface area contributed by atoms with Crippen molar-refractivity contribution in [2.45, 2.75) is 50.5 Å². The Bertz CT molecular complexity index is 815. The van der Waals surface area contributed by atoms with Gasteiger partial charge in [0.05, 0.1) is 5.56 Å². The molecule has 0 bridgehead atoms. The molecule has 6 atom stereocenters. The molecule has 0 aliphatic carbocycles. The average molecular weight is 402 g/mol. The number of hydrogen-bond acceptors (Lipinski definition) is 8. The van der Waals surface area contributed by atoms with Crippen LogP contribution in [0.25, 0.3) is 0 Å². The van der Waals surface area contributed by atoms with Gasteiger partial charge < -0.3 is 24.1 Å². The maximum absolute atomic E-state index is 12.4. The van der Waals surface area contributed by atoms with Crippen molar-refractivity contribution in [3.63, 3.8) is 0 Å². The molecule has 2 aliphatic heterocycles. The minimum Gasteiger partial charge on any atom is -0.459 e. The van der Waals surface area contributed by atoms with Crippen LogP contribution in [0, 0.1) is 0 Å². The first-order valence-corrected chi connectivity index (χ1v) is 9.19. The molecule has 8 heteroatoms. The van der Waals surface area contributed by atoms with E-state index in [1.54, 1.807) is 37.3 Å². The van der Waals surface area contributed by atoms with Gasteiger partial charge in [-0.05, 0) is 31.2 Å². The van der Waals surface area contributed by atoms with Gasteiger partial charge in [0, 0.05) is 13.0 Å². The zero-order valence-corrected chi connectivity index (χ0v) is 16.0. The van der Waals surface area contributed by atoms with Crippen molar-refractivity contribution in [1.29, 1.82) is 0 Å². The summed E-state index contributed by atoms with van der Waals surface area (Å²) in [6, 6.07) is 8.39. The number of benzene rings is 1. The monoisotopic (exact) mass is 402 g/mol. The molecule has 0 amide bonds.